The molecule has 0 fully saturated rings. The molecule has 0 aliphatic carbocycles. The van der Waals surface area contributed by atoms with Crippen LogP contribution in [0.5, 0.6) is 0 Å². The van der Waals surface area contributed by atoms with Crippen molar-refractivity contribution in [1.29, 1.82) is 0 Å². The van der Waals surface area contributed by atoms with Crippen LogP contribution >= 0.6 is 10.9 Å². The van der Waals surface area contributed by atoms with E-state index in [0.717, 1.165) is 11.6 Å². The van der Waals surface area contributed by atoms with Gasteiger partial charge in [0.05, 0.1) is 6.20 Å². The summed E-state index contributed by atoms with van der Waals surface area (Å²) < 4.78 is 1.86. The van der Waals surface area contributed by atoms with Crippen LogP contribution in [0.3, 0.4) is 0 Å². The predicted octanol–water partition coefficient (Wildman–Crippen LogP) is 0.918. The van der Waals surface area contributed by atoms with E-state index >= 15 is 0 Å². The fourth-order valence-corrected chi connectivity index (χ4v) is 1.23. The van der Waals surface area contributed by atoms with Gasteiger partial charge < -0.3 is 0 Å². The molecule has 3 nitrogen and oxygen atoms in total. The lowest BCUT2D eigenvalue weighted by Gasteiger charge is -2.00. The Labute approximate surface area is 63.8 Å². The Hall–Kier alpha value is -0.510. The van der Waals surface area contributed by atoms with Crippen molar-refractivity contribution in [2.45, 2.75) is 18.5 Å². The quantitative estimate of drug-likeness (QED) is 0.650. The highest BCUT2D eigenvalue weighted by Crippen LogP contribution is 2.24. The summed E-state index contributed by atoms with van der Waals surface area (Å²) in [4.78, 5) is 0. The Balaban J connectivity index is 2.78. The SMILES string of the molecule is CCn1cc([SH](C)C)nn1. The lowest BCUT2D eigenvalue weighted by Crippen LogP contribution is -1.93. The number of thiol groups is 1. The van der Waals surface area contributed by atoms with Crippen LogP contribution < -0.4 is 0 Å². The minimum atomic E-state index is -0.0749. The fraction of sp³-hybridized carbons (Fsp3) is 0.667. The molecule has 0 saturated heterocycles. The van der Waals surface area contributed by atoms with Crippen molar-refractivity contribution in [3.8, 4) is 0 Å². The highest BCUT2D eigenvalue weighted by molar-refractivity contribution is 8.15. The molecule has 0 N–H and O–H groups in total. The Bertz CT molecular complexity index is 207. The Morgan fingerprint density at radius 1 is 1.60 bits per heavy atom. The van der Waals surface area contributed by atoms with Crippen LogP contribution in [0.2, 0.25) is 0 Å². The van der Waals surface area contributed by atoms with E-state index in [0.29, 0.717) is 0 Å². The summed E-state index contributed by atoms with van der Waals surface area (Å²) in [5, 5.41) is 9.10. The van der Waals surface area contributed by atoms with Crippen molar-refractivity contribution >= 4 is 10.9 Å². The van der Waals surface area contributed by atoms with Crippen molar-refractivity contribution in [3.63, 3.8) is 0 Å². The molecule has 0 unspecified atom stereocenters. The summed E-state index contributed by atoms with van der Waals surface area (Å²) in [6.07, 6.45) is 6.38. The minimum absolute atomic E-state index is 0.0749. The number of aromatic nitrogens is 3. The molecule has 10 heavy (non-hydrogen) atoms. The highest BCUT2D eigenvalue weighted by Gasteiger charge is 1.99. The third-order valence-corrected chi connectivity index (χ3v) is 2.43. The Kier molecular flexibility index (Phi) is 2.32. The molecule has 0 amide bonds. The van der Waals surface area contributed by atoms with Gasteiger partial charge in [-0.15, -0.1) is 5.10 Å². The van der Waals surface area contributed by atoms with Gasteiger partial charge in [-0.05, 0) is 19.4 Å². The van der Waals surface area contributed by atoms with Crippen LogP contribution in [0.15, 0.2) is 11.2 Å². The lowest BCUT2D eigenvalue weighted by molar-refractivity contribution is 0.626. The smallest absolute Gasteiger partial charge is 0.118 e. The number of hydrogen-bond donors (Lipinski definition) is 1. The molecule has 1 aromatic rings. The first-order valence-corrected chi connectivity index (χ1v) is 5.55. The van der Waals surface area contributed by atoms with Crippen molar-refractivity contribution < 1.29 is 0 Å². The van der Waals surface area contributed by atoms with E-state index in [9.17, 15) is 0 Å². The topological polar surface area (TPSA) is 30.7 Å². The van der Waals surface area contributed by atoms with Crippen LogP contribution in [-0.2, 0) is 6.54 Å². The molecule has 0 aliphatic heterocycles. The maximum atomic E-state index is 4.03. The van der Waals surface area contributed by atoms with Crippen molar-refractivity contribution in [3.05, 3.63) is 6.20 Å². The first-order chi connectivity index (χ1) is 4.74. The number of aryl methyl sites for hydroxylation is 1. The molecule has 58 valence electrons. The zero-order chi connectivity index (χ0) is 7.56. The van der Waals surface area contributed by atoms with Gasteiger partial charge in [0.2, 0.25) is 0 Å². The maximum absolute atomic E-state index is 4.03. The van der Waals surface area contributed by atoms with E-state index in [1.54, 1.807) is 0 Å². The lowest BCUT2D eigenvalue weighted by atomic mass is 10.7. The normalized spacial score (nSPS) is 11.7. The second-order valence-corrected chi connectivity index (χ2v) is 4.57. The molecule has 0 aliphatic rings. The second kappa shape index (κ2) is 3.05. The van der Waals surface area contributed by atoms with E-state index < -0.39 is 0 Å². The third kappa shape index (κ3) is 1.50. The third-order valence-electron chi connectivity index (χ3n) is 1.31. The molecule has 0 aromatic carbocycles. The van der Waals surface area contributed by atoms with Gasteiger partial charge in [0.15, 0.2) is 0 Å². The maximum Gasteiger partial charge on any atom is 0.118 e. The average Bonchev–Trinajstić information content (AvgIpc) is 2.34. The molecule has 0 atom stereocenters. The van der Waals surface area contributed by atoms with Crippen LogP contribution in [-0.4, -0.2) is 27.5 Å². The zero-order valence-corrected chi connectivity index (χ0v) is 7.47. The molecule has 4 heteroatoms. The molecule has 0 saturated carbocycles. The fourth-order valence-electron chi connectivity index (χ4n) is 0.648. The Morgan fingerprint density at radius 3 is 2.60 bits per heavy atom. The van der Waals surface area contributed by atoms with Crippen molar-refractivity contribution in [1.82, 2.24) is 15.0 Å². The van der Waals surface area contributed by atoms with Gasteiger partial charge in [-0.25, -0.2) is 10.9 Å². The standard InChI is InChI=1S/C6H13N3S/c1-4-9-5-6(7-8-9)10(2)3/h5,10H,4H2,1-3H3. The molecule has 1 rings (SSSR count). The van der Waals surface area contributed by atoms with Gasteiger partial charge in [0, 0.05) is 6.54 Å². The van der Waals surface area contributed by atoms with Gasteiger partial charge in [-0.2, -0.15) is 0 Å². The average molecular weight is 159 g/mol. The van der Waals surface area contributed by atoms with E-state index in [4.69, 9.17) is 0 Å². The van der Waals surface area contributed by atoms with E-state index in [2.05, 4.69) is 29.7 Å². The van der Waals surface area contributed by atoms with Gasteiger partial charge in [-0.1, -0.05) is 5.21 Å². The van der Waals surface area contributed by atoms with Crippen molar-refractivity contribution in [2.24, 2.45) is 0 Å². The van der Waals surface area contributed by atoms with Crippen molar-refractivity contribution in [2.75, 3.05) is 12.5 Å². The molecule has 0 radical (unpaired) electrons. The van der Waals surface area contributed by atoms with Crippen LogP contribution in [0.1, 0.15) is 6.92 Å². The number of rotatable bonds is 2. The minimum Gasteiger partial charge on any atom is -0.252 e. The predicted molar refractivity (Wildman–Crippen MR) is 44.8 cm³/mol. The molecule has 0 bridgehead atoms. The van der Waals surface area contributed by atoms with E-state index in [1.165, 1.54) is 0 Å². The molecule has 1 heterocycles. The zero-order valence-electron chi connectivity index (χ0n) is 6.57. The van der Waals surface area contributed by atoms with Crippen LogP contribution in [0.4, 0.5) is 0 Å². The molecular formula is C6H13N3S. The summed E-state index contributed by atoms with van der Waals surface area (Å²) >= 11 is 0. The summed E-state index contributed by atoms with van der Waals surface area (Å²) in [5.74, 6) is 0. The molecular weight excluding hydrogens is 146 g/mol. The summed E-state index contributed by atoms with van der Waals surface area (Å²) in [6, 6.07) is 0. The summed E-state index contributed by atoms with van der Waals surface area (Å²) in [7, 11) is -0.0749. The molecule has 0 spiro atoms. The van der Waals surface area contributed by atoms with Gasteiger partial charge in [0.1, 0.15) is 5.03 Å². The van der Waals surface area contributed by atoms with Crippen LogP contribution in [0.25, 0.3) is 0 Å². The summed E-state index contributed by atoms with van der Waals surface area (Å²) in [6.45, 7) is 2.97. The monoisotopic (exact) mass is 159 g/mol. The number of nitrogens with zero attached hydrogens (tertiary/aromatic N) is 3. The van der Waals surface area contributed by atoms with E-state index in [-0.39, 0.29) is 10.9 Å². The Morgan fingerprint density at radius 2 is 2.30 bits per heavy atom. The van der Waals surface area contributed by atoms with E-state index in [1.807, 2.05) is 10.9 Å². The second-order valence-electron chi connectivity index (χ2n) is 2.33. The highest BCUT2D eigenvalue weighted by atomic mass is 32.2. The van der Waals surface area contributed by atoms with Gasteiger partial charge in [-0.3, -0.25) is 4.68 Å². The first-order valence-electron chi connectivity index (χ1n) is 3.31. The first kappa shape index (κ1) is 7.60. The molecule has 1 aromatic heterocycles. The largest absolute Gasteiger partial charge is 0.252 e. The van der Waals surface area contributed by atoms with Crippen LogP contribution in [0, 0.1) is 0 Å². The van der Waals surface area contributed by atoms with Gasteiger partial charge >= 0.3 is 0 Å². The van der Waals surface area contributed by atoms with Gasteiger partial charge in [0.25, 0.3) is 0 Å². The number of hydrogen-bond acceptors (Lipinski definition) is 2. The summed E-state index contributed by atoms with van der Waals surface area (Å²) in [5.41, 5.74) is 0.